The van der Waals surface area contributed by atoms with Gasteiger partial charge in [-0.25, -0.2) is 19.5 Å². The van der Waals surface area contributed by atoms with Crippen molar-refractivity contribution in [2.75, 3.05) is 0 Å². The quantitative estimate of drug-likeness (QED) is 0.386. The number of aromatic amines is 1. The average molecular weight is 461 g/mol. The summed E-state index contributed by atoms with van der Waals surface area (Å²) in [6.07, 6.45) is 4.51. The Kier molecular flexibility index (Phi) is 4.70. The van der Waals surface area contributed by atoms with Crippen LogP contribution in [0.1, 0.15) is 39.3 Å². The van der Waals surface area contributed by atoms with Crippen LogP contribution >= 0.6 is 0 Å². The molecule has 5 heterocycles. The van der Waals surface area contributed by atoms with Crippen molar-refractivity contribution in [1.82, 2.24) is 34.7 Å². The first-order valence-corrected chi connectivity index (χ1v) is 11.1. The van der Waals surface area contributed by atoms with E-state index in [1.807, 2.05) is 75.4 Å². The number of hydrogen-bond donors (Lipinski definition) is 1. The first-order chi connectivity index (χ1) is 17.0. The normalized spacial score (nSPS) is 12.6. The summed E-state index contributed by atoms with van der Waals surface area (Å²) >= 11 is 0. The molecule has 35 heavy (non-hydrogen) atoms. The first kappa shape index (κ1) is 20.8. The first-order valence-electron chi connectivity index (χ1n) is 11.1. The lowest BCUT2D eigenvalue weighted by molar-refractivity contribution is 0.549. The molecule has 8 bridgehead atoms. The molecule has 6 rings (SSSR count). The number of carbonyl (C=O) groups is 1. The molecule has 0 fully saturated rings. The topological polar surface area (TPSA) is 115 Å². The van der Waals surface area contributed by atoms with Gasteiger partial charge in [-0.05, 0) is 50.6 Å². The lowest BCUT2D eigenvalue weighted by Gasteiger charge is -2.02. The van der Waals surface area contributed by atoms with Gasteiger partial charge in [-0.2, -0.15) is 4.98 Å². The molecule has 9 heteroatoms. The summed E-state index contributed by atoms with van der Waals surface area (Å²) in [5.74, 6) is 0.306. The zero-order valence-electron chi connectivity index (χ0n) is 19.3. The third kappa shape index (κ3) is 3.36. The van der Waals surface area contributed by atoms with Gasteiger partial charge in [0.15, 0.2) is 5.65 Å². The van der Waals surface area contributed by atoms with E-state index in [0.717, 1.165) is 33.4 Å². The lowest BCUT2D eigenvalue weighted by Crippen LogP contribution is -2.02. The highest BCUT2D eigenvalue weighted by Gasteiger charge is 2.19. The van der Waals surface area contributed by atoms with Gasteiger partial charge in [0, 0.05) is 27.7 Å². The van der Waals surface area contributed by atoms with Crippen LogP contribution in [0.4, 0.5) is 5.95 Å². The highest BCUT2D eigenvalue weighted by molar-refractivity contribution is 6.15. The van der Waals surface area contributed by atoms with Crippen LogP contribution in [0.15, 0.2) is 47.5 Å². The molecule has 0 aliphatic carbocycles. The molecule has 3 aromatic heterocycles. The number of aliphatic imine (C=N–C) groups is 1. The van der Waals surface area contributed by atoms with Crippen molar-refractivity contribution < 1.29 is 4.79 Å². The number of H-pyrrole nitrogens is 1. The van der Waals surface area contributed by atoms with E-state index >= 15 is 0 Å². The van der Waals surface area contributed by atoms with Gasteiger partial charge >= 0.3 is 0 Å². The predicted molar refractivity (Wildman–Crippen MR) is 135 cm³/mol. The zero-order valence-corrected chi connectivity index (χ0v) is 19.3. The summed E-state index contributed by atoms with van der Waals surface area (Å²) in [6, 6.07) is 13.9. The number of nitrogens with zero attached hydrogens (tertiary/aromatic N) is 7. The molecule has 0 spiro atoms. The molecule has 0 amide bonds. The molecule has 1 N–H and O–H groups in total. The smallest absolute Gasteiger partial charge is 0.261 e. The van der Waals surface area contributed by atoms with Gasteiger partial charge in [-0.1, -0.05) is 30.3 Å². The summed E-state index contributed by atoms with van der Waals surface area (Å²) < 4.78 is 1.29. The van der Waals surface area contributed by atoms with E-state index in [2.05, 4.69) is 20.2 Å². The van der Waals surface area contributed by atoms with E-state index in [0.29, 0.717) is 34.7 Å². The van der Waals surface area contributed by atoms with E-state index < -0.39 is 0 Å². The minimum absolute atomic E-state index is 0.104. The maximum absolute atomic E-state index is 12.0. The van der Waals surface area contributed by atoms with E-state index in [9.17, 15) is 4.79 Å². The predicted octanol–water partition coefficient (Wildman–Crippen LogP) is 4.28. The molecule has 1 aromatic carbocycles. The number of benzene rings is 1. The van der Waals surface area contributed by atoms with Crippen molar-refractivity contribution in [1.29, 1.82) is 0 Å². The van der Waals surface area contributed by atoms with Crippen molar-refractivity contribution >= 4 is 52.7 Å². The number of hydrogen-bond acceptors (Lipinski definition) is 7. The minimum atomic E-state index is 0.104. The molecule has 0 unspecified atom stereocenters. The fourth-order valence-corrected chi connectivity index (χ4v) is 4.23. The van der Waals surface area contributed by atoms with Crippen molar-refractivity contribution in [3.8, 4) is 0 Å². The molecule has 2 aliphatic rings. The van der Waals surface area contributed by atoms with Crippen LogP contribution in [0.3, 0.4) is 0 Å². The Morgan fingerprint density at radius 2 is 1.51 bits per heavy atom. The van der Waals surface area contributed by atoms with Crippen molar-refractivity contribution in [3.63, 3.8) is 0 Å². The number of nitrogens with one attached hydrogen (secondary N) is 1. The van der Waals surface area contributed by atoms with Crippen LogP contribution < -0.4 is 0 Å². The summed E-state index contributed by atoms with van der Waals surface area (Å²) in [6.45, 7) is 5.88. The molecule has 170 valence electrons. The third-order valence-electron chi connectivity index (χ3n) is 6.27. The van der Waals surface area contributed by atoms with Gasteiger partial charge in [0.1, 0.15) is 5.71 Å². The fraction of sp³-hybridized carbons (Fsp3) is 0.115. The SMILES string of the molecule is Cc1c2nc(c(C)c3nnc(nc4nc(c(C)c5ccc1[nH]5)C(c1ccccc1)=N4)n3C=O)C=C2. The maximum atomic E-state index is 12.0. The highest BCUT2D eigenvalue weighted by Crippen LogP contribution is 2.26. The molecule has 0 saturated heterocycles. The standard InChI is InChI=1S/C26H20N8O/c1-14-18-9-11-20(27-18)15(2)22-23(17-7-5-4-6-8-17)30-25(29-22)31-26-33-32-24(34(26)13-35)16(3)21-12-10-19(14)28-21/h4-13,27H,1-3H3. The van der Waals surface area contributed by atoms with Gasteiger partial charge < -0.3 is 4.98 Å². The van der Waals surface area contributed by atoms with Crippen LogP contribution in [0.25, 0.3) is 34.6 Å². The van der Waals surface area contributed by atoms with E-state index in [4.69, 9.17) is 15.0 Å². The number of fused-ring (bicyclic) bond motifs is 8. The van der Waals surface area contributed by atoms with E-state index in [-0.39, 0.29) is 11.7 Å². The Morgan fingerprint density at radius 3 is 2.26 bits per heavy atom. The van der Waals surface area contributed by atoms with Gasteiger partial charge in [0.05, 0.1) is 17.1 Å². The van der Waals surface area contributed by atoms with Gasteiger partial charge in [-0.15, -0.1) is 10.2 Å². The summed E-state index contributed by atoms with van der Waals surface area (Å²) in [5, 5.41) is 8.36. The van der Waals surface area contributed by atoms with Crippen LogP contribution in [0.2, 0.25) is 0 Å². The van der Waals surface area contributed by atoms with Crippen molar-refractivity contribution in [3.05, 3.63) is 81.8 Å². The molecule has 4 aromatic rings. The molecule has 0 saturated carbocycles. The van der Waals surface area contributed by atoms with Gasteiger partial charge in [0.2, 0.25) is 6.41 Å². The van der Waals surface area contributed by atoms with Crippen molar-refractivity contribution in [2.45, 2.75) is 20.8 Å². The molecular weight excluding hydrogens is 440 g/mol. The third-order valence-corrected chi connectivity index (χ3v) is 6.27. The second-order valence-corrected chi connectivity index (χ2v) is 8.37. The van der Waals surface area contributed by atoms with E-state index in [1.165, 1.54) is 4.57 Å². The Labute approximate surface area is 200 Å². The van der Waals surface area contributed by atoms with Crippen molar-refractivity contribution in [2.24, 2.45) is 4.99 Å². The largest absolute Gasteiger partial charge is 0.355 e. The Balaban J connectivity index is 1.78. The molecule has 0 atom stereocenters. The Morgan fingerprint density at radius 1 is 0.800 bits per heavy atom. The highest BCUT2D eigenvalue weighted by atomic mass is 16.1. The van der Waals surface area contributed by atoms with Crippen LogP contribution in [-0.2, 0) is 4.79 Å². The lowest BCUT2D eigenvalue weighted by atomic mass is 10.0. The summed E-state index contributed by atoms with van der Waals surface area (Å²) in [5.41, 5.74) is 8.73. The molecule has 2 aliphatic heterocycles. The second-order valence-electron chi connectivity index (χ2n) is 8.37. The van der Waals surface area contributed by atoms with Gasteiger partial charge in [0.25, 0.3) is 11.7 Å². The number of rotatable bonds is 2. The molecule has 0 radical (unpaired) electrons. The number of aromatic nitrogens is 7. The number of aryl methyl sites for hydroxylation is 3. The van der Waals surface area contributed by atoms with Crippen LogP contribution in [0.5, 0.6) is 0 Å². The van der Waals surface area contributed by atoms with Crippen LogP contribution in [0, 0.1) is 20.8 Å². The number of carbonyl (C=O) groups excluding carboxylic acids is 1. The minimum Gasteiger partial charge on any atom is -0.355 e. The molecule has 9 nitrogen and oxygen atoms in total. The Bertz CT molecular complexity index is 1740. The molecular formula is C26H20N8O. The Hall–Kier alpha value is -4.79. The second kappa shape index (κ2) is 7.91. The summed E-state index contributed by atoms with van der Waals surface area (Å²) in [7, 11) is 0. The monoisotopic (exact) mass is 460 g/mol. The maximum Gasteiger partial charge on any atom is 0.261 e. The summed E-state index contributed by atoms with van der Waals surface area (Å²) in [4.78, 5) is 34.2. The fourth-order valence-electron chi connectivity index (χ4n) is 4.23. The van der Waals surface area contributed by atoms with Gasteiger partial charge in [-0.3, -0.25) is 4.79 Å². The van der Waals surface area contributed by atoms with Crippen LogP contribution in [-0.4, -0.2) is 46.8 Å². The zero-order chi connectivity index (χ0) is 24.1. The average Bonchev–Trinajstić information content (AvgIpc) is 3.68. The van der Waals surface area contributed by atoms with E-state index in [1.54, 1.807) is 0 Å².